The Morgan fingerprint density at radius 3 is 3.00 bits per heavy atom. The van der Waals surface area contributed by atoms with Gasteiger partial charge in [-0.05, 0) is 19.0 Å². The highest BCUT2D eigenvalue weighted by Gasteiger charge is 2.19. The molecule has 0 unspecified atom stereocenters. The van der Waals surface area contributed by atoms with Gasteiger partial charge in [-0.25, -0.2) is 0 Å². The minimum Gasteiger partial charge on any atom is -0.477 e. The number of halogens is 1. The fraction of sp³-hybridized carbons (Fsp3) is 0.462. The van der Waals surface area contributed by atoms with E-state index >= 15 is 0 Å². The zero-order chi connectivity index (χ0) is 15.2. The summed E-state index contributed by atoms with van der Waals surface area (Å²) in [7, 11) is 0. The van der Waals surface area contributed by atoms with Crippen molar-refractivity contribution in [2.24, 2.45) is 0 Å². The van der Waals surface area contributed by atoms with Crippen molar-refractivity contribution in [1.82, 2.24) is 10.2 Å². The van der Waals surface area contributed by atoms with Crippen molar-refractivity contribution in [3.8, 4) is 5.75 Å². The van der Waals surface area contributed by atoms with Gasteiger partial charge in [0.1, 0.15) is 0 Å². The average molecular weight is 314 g/mol. The minimum atomic E-state index is -0.563. The van der Waals surface area contributed by atoms with Gasteiger partial charge in [0.05, 0.1) is 4.92 Å². The SMILES string of the molecule is O=C(COc1cc(Cl)ccc1[N+](=O)[O-])N1CCCNCC1. The van der Waals surface area contributed by atoms with Gasteiger partial charge >= 0.3 is 5.69 Å². The number of ether oxygens (including phenoxy) is 1. The number of nitrogens with one attached hydrogen (secondary N) is 1. The topological polar surface area (TPSA) is 84.7 Å². The van der Waals surface area contributed by atoms with E-state index in [1.807, 2.05) is 0 Å². The van der Waals surface area contributed by atoms with Crippen molar-refractivity contribution in [2.45, 2.75) is 6.42 Å². The van der Waals surface area contributed by atoms with Crippen LogP contribution in [0.5, 0.6) is 5.75 Å². The molecular weight excluding hydrogens is 298 g/mol. The molecule has 0 bridgehead atoms. The molecule has 1 amide bonds. The van der Waals surface area contributed by atoms with Crippen molar-refractivity contribution in [2.75, 3.05) is 32.8 Å². The molecule has 0 aromatic heterocycles. The standard InChI is InChI=1S/C13H16ClN3O4/c14-10-2-3-11(17(19)20)12(8-10)21-9-13(18)16-6-1-4-15-5-7-16/h2-3,8,15H,1,4-7,9H2. The number of hydrogen-bond acceptors (Lipinski definition) is 5. The van der Waals surface area contributed by atoms with Gasteiger partial charge < -0.3 is 15.0 Å². The highest BCUT2D eigenvalue weighted by Crippen LogP contribution is 2.29. The molecule has 0 radical (unpaired) electrons. The van der Waals surface area contributed by atoms with E-state index in [0.717, 1.165) is 19.5 Å². The summed E-state index contributed by atoms with van der Waals surface area (Å²) >= 11 is 5.80. The summed E-state index contributed by atoms with van der Waals surface area (Å²) in [4.78, 5) is 24.1. The molecule has 7 nitrogen and oxygen atoms in total. The van der Waals surface area contributed by atoms with Crippen LogP contribution in [-0.4, -0.2) is 48.5 Å². The lowest BCUT2D eigenvalue weighted by Gasteiger charge is -2.19. The number of rotatable bonds is 4. The lowest BCUT2D eigenvalue weighted by molar-refractivity contribution is -0.385. The van der Waals surface area contributed by atoms with Crippen LogP contribution in [0.4, 0.5) is 5.69 Å². The Morgan fingerprint density at radius 1 is 1.43 bits per heavy atom. The largest absolute Gasteiger partial charge is 0.477 e. The van der Waals surface area contributed by atoms with Crippen LogP contribution < -0.4 is 10.1 Å². The Bertz CT molecular complexity index is 530. The van der Waals surface area contributed by atoms with Crippen LogP contribution in [0.25, 0.3) is 0 Å². The lowest BCUT2D eigenvalue weighted by atomic mass is 10.3. The number of amides is 1. The number of carbonyl (C=O) groups is 1. The van der Waals surface area contributed by atoms with Crippen LogP contribution in [0, 0.1) is 10.1 Å². The summed E-state index contributed by atoms with van der Waals surface area (Å²) in [6, 6.07) is 4.02. The van der Waals surface area contributed by atoms with Crippen molar-refractivity contribution < 1.29 is 14.5 Å². The molecule has 1 aliphatic heterocycles. The summed E-state index contributed by atoms with van der Waals surface area (Å²) in [5, 5.41) is 14.4. The van der Waals surface area contributed by atoms with Gasteiger partial charge in [-0.2, -0.15) is 0 Å². The molecule has 1 fully saturated rings. The van der Waals surface area contributed by atoms with E-state index in [-0.39, 0.29) is 24.0 Å². The van der Waals surface area contributed by atoms with E-state index in [1.165, 1.54) is 18.2 Å². The molecule has 0 atom stereocenters. The molecule has 21 heavy (non-hydrogen) atoms. The van der Waals surface area contributed by atoms with Gasteiger partial charge in [0.15, 0.2) is 12.4 Å². The summed E-state index contributed by atoms with van der Waals surface area (Å²) < 4.78 is 5.30. The molecule has 2 rings (SSSR count). The summed E-state index contributed by atoms with van der Waals surface area (Å²) in [5.74, 6) is -0.179. The number of hydrogen-bond donors (Lipinski definition) is 1. The van der Waals surface area contributed by atoms with Gasteiger partial charge in [-0.3, -0.25) is 14.9 Å². The fourth-order valence-electron chi connectivity index (χ4n) is 2.08. The third-order valence-corrected chi connectivity index (χ3v) is 3.40. The summed E-state index contributed by atoms with van der Waals surface area (Å²) in [6.07, 6.45) is 0.878. The molecule has 114 valence electrons. The Labute approximate surface area is 127 Å². The Morgan fingerprint density at radius 2 is 2.24 bits per heavy atom. The van der Waals surface area contributed by atoms with Crippen LogP contribution in [0.15, 0.2) is 18.2 Å². The van der Waals surface area contributed by atoms with E-state index in [1.54, 1.807) is 4.90 Å². The molecule has 1 heterocycles. The maximum Gasteiger partial charge on any atom is 0.311 e. The van der Waals surface area contributed by atoms with E-state index in [2.05, 4.69) is 5.32 Å². The zero-order valence-corrected chi connectivity index (χ0v) is 12.1. The Kier molecular flexibility index (Phi) is 5.35. The van der Waals surface area contributed by atoms with Gasteiger partial charge in [0.2, 0.25) is 0 Å². The number of nitro benzene ring substituents is 1. The van der Waals surface area contributed by atoms with Crippen LogP contribution in [0.3, 0.4) is 0 Å². The molecule has 1 aromatic rings. The fourth-order valence-corrected chi connectivity index (χ4v) is 2.24. The predicted octanol–water partition coefficient (Wildman–Crippen LogP) is 1.45. The van der Waals surface area contributed by atoms with Crippen molar-refractivity contribution >= 4 is 23.2 Å². The third-order valence-electron chi connectivity index (χ3n) is 3.16. The van der Waals surface area contributed by atoms with Crippen molar-refractivity contribution in [3.05, 3.63) is 33.3 Å². The molecular formula is C13H16ClN3O4. The highest BCUT2D eigenvalue weighted by atomic mass is 35.5. The molecule has 0 aliphatic carbocycles. The maximum absolute atomic E-state index is 12.1. The smallest absolute Gasteiger partial charge is 0.311 e. The number of nitrogens with zero attached hydrogens (tertiary/aromatic N) is 2. The van der Waals surface area contributed by atoms with Crippen LogP contribution in [0.2, 0.25) is 5.02 Å². The van der Waals surface area contributed by atoms with Crippen LogP contribution >= 0.6 is 11.6 Å². The first-order valence-electron chi connectivity index (χ1n) is 6.63. The predicted molar refractivity (Wildman–Crippen MR) is 77.7 cm³/mol. The first-order chi connectivity index (χ1) is 10.1. The first kappa shape index (κ1) is 15.5. The lowest BCUT2D eigenvalue weighted by Crippen LogP contribution is -2.37. The second-order valence-corrected chi connectivity index (χ2v) is 5.08. The molecule has 1 aromatic carbocycles. The normalized spacial score (nSPS) is 15.4. The van der Waals surface area contributed by atoms with Gasteiger partial charge in [0.25, 0.3) is 5.91 Å². The van der Waals surface area contributed by atoms with Gasteiger partial charge in [-0.15, -0.1) is 0 Å². The summed E-state index contributed by atoms with van der Waals surface area (Å²) in [6.45, 7) is 2.65. The Hall–Kier alpha value is -1.86. The van der Waals surface area contributed by atoms with E-state index in [4.69, 9.17) is 16.3 Å². The van der Waals surface area contributed by atoms with Gasteiger partial charge in [0, 0.05) is 36.8 Å². The second kappa shape index (κ2) is 7.24. The van der Waals surface area contributed by atoms with E-state index < -0.39 is 4.92 Å². The van der Waals surface area contributed by atoms with Crippen molar-refractivity contribution in [1.29, 1.82) is 0 Å². The zero-order valence-electron chi connectivity index (χ0n) is 11.4. The maximum atomic E-state index is 12.1. The monoisotopic (exact) mass is 313 g/mol. The third kappa shape index (κ3) is 4.30. The molecule has 8 heteroatoms. The number of benzene rings is 1. The first-order valence-corrected chi connectivity index (χ1v) is 7.01. The molecule has 1 aliphatic rings. The summed E-state index contributed by atoms with van der Waals surface area (Å²) in [5.41, 5.74) is -0.204. The average Bonchev–Trinajstić information content (AvgIpc) is 2.73. The van der Waals surface area contributed by atoms with E-state index in [0.29, 0.717) is 18.1 Å². The number of carbonyl (C=O) groups excluding carboxylic acids is 1. The molecule has 1 saturated heterocycles. The quantitative estimate of drug-likeness (QED) is 0.672. The molecule has 0 saturated carbocycles. The Balaban J connectivity index is 2.00. The number of nitro groups is 1. The van der Waals surface area contributed by atoms with Crippen molar-refractivity contribution in [3.63, 3.8) is 0 Å². The minimum absolute atomic E-state index is 0.00815. The van der Waals surface area contributed by atoms with Crippen LogP contribution in [0.1, 0.15) is 6.42 Å². The molecule has 0 spiro atoms. The highest BCUT2D eigenvalue weighted by molar-refractivity contribution is 6.30. The van der Waals surface area contributed by atoms with Gasteiger partial charge in [-0.1, -0.05) is 11.6 Å². The van der Waals surface area contributed by atoms with E-state index in [9.17, 15) is 14.9 Å². The second-order valence-electron chi connectivity index (χ2n) is 4.64. The molecule has 1 N–H and O–H groups in total. The van der Waals surface area contributed by atoms with Crippen LogP contribution in [-0.2, 0) is 4.79 Å².